The van der Waals surface area contributed by atoms with Crippen molar-refractivity contribution in [1.29, 1.82) is 0 Å². The Balaban J connectivity index is 2.34. The Morgan fingerprint density at radius 2 is 2.00 bits per heavy atom. The highest BCUT2D eigenvalue weighted by Gasteiger charge is 2.25. The number of likely N-dealkylation sites (tertiary alicyclic amines) is 1. The first-order valence-electron chi connectivity index (χ1n) is 5.61. The van der Waals surface area contributed by atoms with Gasteiger partial charge in [0.15, 0.2) is 0 Å². The average Bonchev–Trinajstić information content (AvgIpc) is 2.17. The zero-order chi connectivity index (χ0) is 11.4. The quantitative estimate of drug-likeness (QED) is 0.728. The number of carbonyl (C=O) groups is 1. The summed E-state index contributed by atoms with van der Waals surface area (Å²) < 4.78 is 0. The molecule has 0 aromatic rings. The van der Waals surface area contributed by atoms with Crippen LogP contribution in [0.5, 0.6) is 0 Å². The third kappa shape index (κ3) is 3.80. The maximum Gasteiger partial charge on any atom is 0.236 e. The van der Waals surface area contributed by atoms with E-state index in [1.165, 1.54) is 0 Å². The van der Waals surface area contributed by atoms with Crippen molar-refractivity contribution in [2.45, 2.75) is 25.9 Å². The lowest BCUT2D eigenvalue weighted by Crippen LogP contribution is -2.44. The fourth-order valence-corrected chi connectivity index (χ4v) is 2.00. The second-order valence-electron chi connectivity index (χ2n) is 4.70. The maximum absolute atomic E-state index is 11.7. The van der Waals surface area contributed by atoms with Gasteiger partial charge in [-0.2, -0.15) is 0 Å². The van der Waals surface area contributed by atoms with Crippen LogP contribution in [0.2, 0.25) is 0 Å². The van der Waals surface area contributed by atoms with Crippen LogP contribution in [0.1, 0.15) is 19.8 Å². The highest BCUT2D eigenvalue weighted by Crippen LogP contribution is 2.20. The largest absolute Gasteiger partial charge is 0.393 e. The molecule has 1 aliphatic rings. The zero-order valence-corrected chi connectivity index (χ0v) is 9.94. The van der Waals surface area contributed by atoms with Crippen molar-refractivity contribution < 1.29 is 9.90 Å². The minimum Gasteiger partial charge on any atom is -0.393 e. The van der Waals surface area contributed by atoms with Gasteiger partial charge in [0.05, 0.1) is 12.6 Å². The van der Waals surface area contributed by atoms with Gasteiger partial charge in [-0.25, -0.2) is 0 Å². The number of aliphatic hydroxyl groups excluding tert-OH is 1. The fourth-order valence-electron chi connectivity index (χ4n) is 2.00. The molecule has 1 N–H and O–H groups in total. The first kappa shape index (κ1) is 12.5. The molecule has 0 spiro atoms. The van der Waals surface area contributed by atoms with Crippen molar-refractivity contribution >= 4 is 5.91 Å². The van der Waals surface area contributed by atoms with E-state index in [2.05, 4.69) is 0 Å². The summed E-state index contributed by atoms with van der Waals surface area (Å²) in [4.78, 5) is 15.5. The third-order valence-corrected chi connectivity index (χ3v) is 3.03. The molecule has 1 saturated heterocycles. The number of nitrogens with zero attached hydrogens (tertiary/aromatic N) is 2. The Bertz CT molecular complexity index is 209. The highest BCUT2D eigenvalue weighted by atomic mass is 16.3. The van der Waals surface area contributed by atoms with Crippen LogP contribution in [0, 0.1) is 5.92 Å². The van der Waals surface area contributed by atoms with E-state index in [9.17, 15) is 9.90 Å². The number of hydrogen-bond acceptors (Lipinski definition) is 3. The molecule has 4 heteroatoms. The number of hydrogen-bond donors (Lipinski definition) is 1. The van der Waals surface area contributed by atoms with Crippen molar-refractivity contribution in [2.75, 3.05) is 33.7 Å². The monoisotopic (exact) mass is 214 g/mol. The van der Waals surface area contributed by atoms with Crippen LogP contribution in [0.3, 0.4) is 0 Å². The molecule has 1 heterocycles. The van der Waals surface area contributed by atoms with Crippen LogP contribution < -0.4 is 0 Å². The predicted molar refractivity (Wildman–Crippen MR) is 59.5 cm³/mol. The summed E-state index contributed by atoms with van der Waals surface area (Å²) in [5.41, 5.74) is 0. The molecule has 1 rings (SSSR count). The van der Waals surface area contributed by atoms with Crippen LogP contribution >= 0.6 is 0 Å². The highest BCUT2D eigenvalue weighted by molar-refractivity contribution is 5.78. The maximum atomic E-state index is 11.7. The number of amides is 1. The van der Waals surface area contributed by atoms with Gasteiger partial charge in [-0.1, -0.05) is 0 Å². The van der Waals surface area contributed by atoms with Gasteiger partial charge in [0.25, 0.3) is 0 Å². The van der Waals surface area contributed by atoms with Crippen LogP contribution in [-0.2, 0) is 4.79 Å². The zero-order valence-electron chi connectivity index (χ0n) is 9.94. The molecule has 0 bridgehead atoms. The first-order valence-corrected chi connectivity index (χ1v) is 5.61. The molecule has 0 saturated carbocycles. The first-order chi connectivity index (χ1) is 7.00. The Morgan fingerprint density at radius 3 is 2.40 bits per heavy atom. The van der Waals surface area contributed by atoms with E-state index in [1.54, 1.807) is 0 Å². The molecule has 0 aliphatic carbocycles. The molecular weight excluding hydrogens is 192 g/mol. The summed E-state index contributed by atoms with van der Waals surface area (Å²) in [6.07, 6.45) is 1.62. The summed E-state index contributed by atoms with van der Waals surface area (Å²) >= 11 is 0. The van der Waals surface area contributed by atoms with E-state index in [-0.39, 0.29) is 12.0 Å². The number of rotatable bonds is 3. The van der Waals surface area contributed by atoms with Crippen LogP contribution in [0.15, 0.2) is 0 Å². The second-order valence-corrected chi connectivity index (χ2v) is 4.70. The molecule has 1 atom stereocenters. The third-order valence-electron chi connectivity index (χ3n) is 3.03. The second kappa shape index (κ2) is 5.47. The van der Waals surface area contributed by atoms with Crippen molar-refractivity contribution in [3.05, 3.63) is 0 Å². The van der Waals surface area contributed by atoms with Gasteiger partial charge in [-0.05, 0) is 39.8 Å². The SMILES string of the molecule is CC(O)C1CCN(C(=O)CN(C)C)CC1. The van der Waals surface area contributed by atoms with E-state index in [0.29, 0.717) is 12.5 Å². The standard InChI is InChI=1S/C11H22N2O2/c1-9(14)10-4-6-13(7-5-10)11(15)8-12(2)3/h9-10,14H,4-8H2,1-3H3. The van der Waals surface area contributed by atoms with E-state index in [4.69, 9.17) is 0 Å². The molecule has 0 aromatic heterocycles. The summed E-state index contributed by atoms with van der Waals surface area (Å²) in [5.74, 6) is 0.567. The molecule has 1 fully saturated rings. The summed E-state index contributed by atoms with van der Waals surface area (Å²) in [7, 11) is 3.81. The van der Waals surface area contributed by atoms with Gasteiger partial charge in [0, 0.05) is 13.1 Å². The van der Waals surface area contributed by atoms with Gasteiger partial charge in [0.1, 0.15) is 0 Å². The minimum atomic E-state index is -0.240. The molecule has 1 unspecified atom stereocenters. The summed E-state index contributed by atoms with van der Waals surface area (Å²) in [6.45, 7) is 3.91. The molecular formula is C11H22N2O2. The van der Waals surface area contributed by atoms with Gasteiger partial charge in [0.2, 0.25) is 5.91 Å². The molecule has 88 valence electrons. The van der Waals surface area contributed by atoms with E-state index >= 15 is 0 Å². The lowest BCUT2D eigenvalue weighted by Gasteiger charge is -2.33. The Labute approximate surface area is 91.9 Å². The normalized spacial score (nSPS) is 20.7. The van der Waals surface area contributed by atoms with E-state index in [0.717, 1.165) is 25.9 Å². The lowest BCUT2D eigenvalue weighted by molar-refractivity contribution is -0.133. The predicted octanol–water partition coefficient (Wildman–Crippen LogP) is 0.167. The van der Waals surface area contributed by atoms with Gasteiger partial charge in [-0.15, -0.1) is 0 Å². The molecule has 0 radical (unpaired) electrons. The smallest absolute Gasteiger partial charge is 0.236 e. The molecule has 0 aromatic carbocycles. The molecule has 15 heavy (non-hydrogen) atoms. The molecule has 1 aliphatic heterocycles. The van der Waals surface area contributed by atoms with Gasteiger partial charge >= 0.3 is 0 Å². The number of piperidine rings is 1. The van der Waals surface area contributed by atoms with Crippen LogP contribution in [-0.4, -0.2) is 60.6 Å². The summed E-state index contributed by atoms with van der Waals surface area (Å²) in [6, 6.07) is 0. The van der Waals surface area contributed by atoms with Crippen LogP contribution in [0.4, 0.5) is 0 Å². The summed E-state index contributed by atoms with van der Waals surface area (Å²) in [5, 5.41) is 9.44. The van der Waals surface area contributed by atoms with E-state index < -0.39 is 0 Å². The fraction of sp³-hybridized carbons (Fsp3) is 0.909. The number of aliphatic hydroxyl groups is 1. The van der Waals surface area contributed by atoms with Gasteiger partial charge < -0.3 is 14.9 Å². The minimum absolute atomic E-state index is 0.198. The van der Waals surface area contributed by atoms with Crippen molar-refractivity contribution in [3.8, 4) is 0 Å². The number of carbonyl (C=O) groups excluding carboxylic acids is 1. The lowest BCUT2D eigenvalue weighted by atomic mass is 9.92. The van der Waals surface area contributed by atoms with E-state index in [1.807, 2.05) is 30.8 Å². The van der Waals surface area contributed by atoms with Crippen LogP contribution in [0.25, 0.3) is 0 Å². The molecule has 1 amide bonds. The van der Waals surface area contributed by atoms with Crippen molar-refractivity contribution in [2.24, 2.45) is 5.92 Å². The molecule has 4 nitrogen and oxygen atoms in total. The Hall–Kier alpha value is -0.610. The topological polar surface area (TPSA) is 43.8 Å². The van der Waals surface area contributed by atoms with Crippen molar-refractivity contribution in [1.82, 2.24) is 9.80 Å². The Kier molecular flexibility index (Phi) is 4.54. The Morgan fingerprint density at radius 1 is 1.47 bits per heavy atom. The average molecular weight is 214 g/mol. The van der Waals surface area contributed by atoms with Gasteiger partial charge in [-0.3, -0.25) is 4.79 Å². The number of likely N-dealkylation sites (N-methyl/N-ethyl adjacent to an activating group) is 1. The van der Waals surface area contributed by atoms with Crippen molar-refractivity contribution in [3.63, 3.8) is 0 Å².